The molecule has 1 heterocycles. The summed E-state index contributed by atoms with van der Waals surface area (Å²) < 4.78 is 0. The van der Waals surface area contributed by atoms with Crippen molar-refractivity contribution in [1.82, 2.24) is 10.2 Å². The minimum atomic E-state index is 0.758. The van der Waals surface area contributed by atoms with Gasteiger partial charge in [-0.3, -0.25) is 0 Å². The molecule has 3 aliphatic rings. The summed E-state index contributed by atoms with van der Waals surface area (Å²) in [6.45, 7) is 7.75. The number of likely N-dealkylation sites (tertiary alicyclic amines) is 1. The molecule has 0 aromatic heterocycles. The van der Waals surface area contributed by atoms with Crippen LogP contribution in [0.3, 0.4) is 0 Å². The molecular formula is C15H28N2. The summed E-state index contributed by atoms with van der Waals surface area (Å²) in [5.74, 6) is 0.938. The SMILES string of the molecule is CCCC1(CN2CCC(CNC3CC3)C2)CC1. The van der Waals surface area contributed by atoms with Crippen LogP contribution in [0.5, 0.6) is 0 Å². The van der Waals surface area contributed by atoms with E-state index in [2.05, 4.69) is 17.1 Å². The molecule has 1 aliphatic heterocycles. The number of hydrogen-bond acceptors (Lipinski definition) is 2. The van der Waals surface area contributed by atoms with Gasteiger partial charge < -0.3 is 10.2 Å². The normalized spacial score (nSPS) is 31.9. The molecule has 0 radical (unpaired) electrons. The van der Waals surface area contributed by atoms with Gasteiger partial charge in [0, 0.05) is 19.1 Å². The molecule has 0 aromatic rings. The lowest BCUT2D eigenvalue weighted by Crippen LogP contribution is -2.31. The highest BCUT2D eigenvalue weighted by Gasteiger charge is 2.43. The van der Waals surface area contributed by atoms with E-state index in [-0.39, 0.29) is 0 Å². The molecule has 2 heteroatoms. The van der Waals surface area contributed by atoms with Crippen LogP contribution in [0.25, 0.3) is 0 Å². The van der Waals surface area contributed by atoms with Gasteiger partial charge >= 0.3 is 0 Å². The zero-order valence-electron chi connectivity index (χ0n) is 11.4. The summed E-state index contributed by atoms with van der Waals surface area (Å²) in [5, 5.41) is 3.70. The van der Waals surface area contributed by atoms with Crippen molar-refractivity contribution in [2.24, 2.45) is 11.3 Å². The Morgan fingerprint density at radius 3 is 2.71 bits per heavy atom. The largest absolute Gasteiger partial charge is 0.314 e. The summed E-state index contributed by atoms with van der Waals surface area (Å²) >= 11 is 0. The second-order valence-electron chi connectivity index (χ2n) is 6.82. The van der Waals surface area contributed by atoms with Crippen LogP contribution in [0, 0.1) is 11.3 Å². The molecule has 0 amide bonds. The highest BCUT2D eigenvalue weighted by molar-refractivity contribution is 4.96. The van der Waals surface area contributed by atoms with Gasteiger partial charge in [0.1, 0.15) is 0 Å². The average Bonchev–Trinajstić information content (AvgIpc) is 3.21. The van der Waals surface area contributed by atoms with Crippen LogP contribution >= 0.6 is 0 Å². The molecule has 0 aromatic carbocycles. The molecule has 2 aliphatic carbocycles. The van der Waals surface area contributed by atoms with Gasteiger partial charge in [-0.15, -0.1) is 0 Å². The molecule has 0 bridgehead atoms. The molecule has 3 fully saturated rings. The molecule has 1 unspecified atom stereocenters. The van der Waals surface area contributed by atoms with Crippen LogP contribution < -0.4 is 5.32 Å². The molecule has 2 saturated carbocycles. The van der Waals surface area contributed by atoms with Crippen molar-refractivity contribution in [3.8, 4) is 0 Å². The van der Waals surface area contributed by atoms with Gasteiger partial charge in [-0.2, -0.15) is 0 Å². The van der Waals surface area contributed by atoms with Crippen LogP contribution in [0.1, 0.15) is 51.9 Å². The minimum absolute atomic E-state index is 0.758. The number of nitrogens with one attached hydrogen (secondary N) is 1. The lowest BCUT2D eigenvalue weighted by molar-refractivity contribution is 0.244. The Morgan fingerprint density at radius 2 is 2.06 bits per heavy atom. The Hall–Kier alpha value is -0.0800. The van der Waals surface area contributed by atoms with Crippen molar-refractivity contribution in [1.29, 1.82) is 0 Å². The Morgan fingerprint density at radius 1 is 1.24 bits per heavy atom. The fourth-order valence-electron chi connectivity index (χ4n) is 3.51. The fourth-order valence-corrected chi connectivity index (χ4v) is 3.51. The van der Waals surface area contributed by atoms with Gasteiger partial charge in [0.05, 0.1) is 0 Å². The van der Waals surface area contributed by atoms with Crippen molar-refractivity contribution in [3.63, 3.8) is 0 Å². The van der Waals surface area contributed by atoms with Crippen LogP contribution in [-0.4, -0.2) is 37.1 Å². The number of hydrogen-bond donors (Lipinski definition) is 1. The quantitative estimate of drug-likeness (QED) is 0.731. The summed E-state index contributed by atoms with van der Waals surface area (Å²) in [4.78, 5) is 2.75. The Labute approximate surface area is 106 Å². The van der Waals surface area contributed by atoms with E-state index in [0.29, 0.717) is 0 Å². The van der Waals surface area contributed by atoms with Crippen LogP contribution in [0.4, 0.5) is 0 Å². The monoisotopic (exact) mass is 236 g/mol. The second-order valence-corrected chi connectivity index (χ2v) is 6.82. The van der Waals surface area contributed by atoms with E-state index in [9.17, 15) is 0 Å². The summed E-state index contributed by atoms with van der Waals surface area (Å²) in [7, 11) is 0. The molecule has 98 valence electrons. The predicted molar refractivity (Wildman–Crippen MR) is 72.1 cm³/mol. The number of nitrogens with zero attached hydrogens (tertiary/aromatic N) is 1. The van der Waals surface area contributed by atoms with Crippen molar-refractivity contribution in [2.75, 3.05) is 26.2 Å². The van der Waals surface area contributed by atoms with Gasteiger partial charge in [-0.25, -0.2) is 0 Å². The zero-order chi connectivity index (χ0) is 11.7. The highest BCUT2D eigenvalue weighted by atomic mass is 15.2. The zero-order valence-corrected chi connectivity index (χ0v) is 11.4. The standard InChI is InChI=1S/C15H28N2/c1-2-6-15(7-8-15)12-17-9-5-13(11-17)10-16-14-3-4-14/h13-14,16H,2-12H2,1H3. The van der Waals surface area contributed by atoms with E-state index in [4.69, 9.17) is 0 Å². The summed E-state index contributed by atoms with van der Waals surface area (Å²) in [6, 6.07) is 0.888. The van der Waals surface area contributed by atoms with Crippen LogP contribution in [-0.2, 0) is 0 Å². The maximum atomic E-state index is 3.70. The van der Waals surface area contributed by atoms with Gasteiger partial charge in [-0.1, -0.05) is 13.3 Å². The first kappa shape index (κ1) is 12.0. The van der Waals surface area contributed by atoms with E-state index in [0.717, 1.165) is 17.4 Å². The Kier molecular flexibility index (Phi) is 3.45. The third-order valence-corrected chi connectivity index (χ3v) is 4.94. The lowest BCUT2D eigenvalue weighted by Gasteiger charge is -2.23. The molecule has 3 rings (SSSR count). The van der Waals surface area contributed by atoms with E-state index < -0.39 is 0 Å². The smallest absolute Gasteiger partial charge is 0.00683 e. The predicted octanol–water partition coefficient (Wildman–Crippen LogP) is 2.64. The maximum Gasteiger partial charge on any atom is 0.00683 e. The maximum absolute atomic E-state index is 3.70. The van der Waals surface area contributed by atoms with E-state index in [1.165, 1.54) is 71.1 Å². The third-order valence-electron chi connectivity index (χ3n) is 4.94. The highest BCUT2D eigenvalue weighted by Crippen LogP contribution is 2.50. The van der Waals surface area contributed by atoms with Gasteiger partial charge in [0.2, 0.25) is 0 Å². The fraction of sp³-hybridized carbons (Fsp3) is 1.00. The Bertz CT molecular complexity index is 256. The topological polar surface area (TPSA) is 15.3 Å². The second kappa shape index (κ2) is 4.89. The summed E-state index contributed by atoms with van der Waals surface area (Å²) in [6.07, 6.45) is 10.1. The first-order valence-electron chi connectivity index (χ1n) is 7.75. The molecule has 1 saturated heterocycles. The van der Waals surface area contributed by atoms with Crippen LogP contribution in [0.15, 0.2) is 0 Å². The van der Waals surface area contributed by atoms with Crippen LogP contribution in [0.2, 0.25) is 0 Å². The molecule has 1 atom stereocenters. The molecular weight excluding hydrogens is 208 g/mol. The third kappa shape index (κ3) is 3.23. The van der Waals surface area contributed by atoms with E-state index in [1.807, 2.05) is 0 Å². The van der Waals surface area contributed by atoms with E-state index >= 15 is 0 Å². The first-order chi connectivity index (χ1) is 8.30. The molecule has 17 heavy (non-hydrogen) atoms. The van der Waals surface area contributed by atoms with E-state index in [1.54, 1.807) is 0 Å². The average molecular weight is 236 g/mol. The summed E-state index contributed by atoms with van der Waals surface area (Å²) in [5.41, 5.74) is 0.758. The lowest BCUT2D eigenvalue weighted by atomic mass is 10.0. The van der Waals surface area contributed by atoms with Crippen molar-refractivity contribution < 1.29 is 0 Å². The first-order valence-corrected chi connectivity index (χ1v) is 7.75. The molecule has 1 N–H and O–H groups in total. The molecule has 0 spiro atoms. The minimum Gasteiger partial charge on any atom is -0.314 e. The molecule has 2 nitrogen and oxygen atoms in total. The number of rotatable bonds is 7. The van der Waals surface area contributed by atoms with Gasteiger partial charge in [0.25, 0.3) is 0 Å². The van der Waals surface area contributed by atoms with Gasteiger partial charge in [-0.05, 0) is 62.9 Å². The van der Waals surface area contributed by atoms with Crippen molar-refractivity contribution in [2.45, 2.75) is 57.9 Å². The Balaban J connectivity index is 1.38. The van der Waals surface area contributed by atoms with Crippen molar-refractivity contribution >= 4 is 0 Å². The van der Waals surface area contributed by atoms with Crippen molar-refractivity contribution in [3.05, 3.63) is 0 Å². The van der Waals surface area contributed by atoms with Gasteiger partial charge in [0.15, 0.2) is 0 Å².